The Bertz CT molecular complexity index is 760. The number of aliphatic hydroxyl groups is 3. The van der Waals surface area contributed by atoms with E-state index in [0.29, 0.717) is 0 Å². The Labute approximate surface area is 160 Å². The number of cyclic esters (lactones) is 1. The van der Waals surface area contributed by atoms with E-state index in [4.69, 9.17) is 16.3 Å². The highest BCUT2D eigenvalue weighted by Gasteiger charge is 2.28. The molecule has 27 heavy (non-hydrogen) atoms. The average Bonchev–Trinajstić information content (AvgIpc) is 2.56. The first-order chi connectivity index (χ1) is 12.6. The molecule has 148 valence electrons. The zero-order valence-electron chi connectivity index (χ0n) is 14.5. The molecule has 9 heteroatoms. The van der Waals surface area contributed by atoms with Crippen LogP contribution in [0.15, 0.2) is 18.2 Å². The van der Waals surface area contributed by atoms with Gasteiger partial charge in [0.15, 0.2) is 0 Å². The second-order valence-corrected chi connectivity index (χ2v) is 6.84. The van der Waals surface area contributed by atoms with Gasteiger partial charge in [-0.1, -0.05) is 23.8 Å². The van der Waals surface area contributed by atoms with Crippen LogP contribution in [0.1, 0.15) is 35.7 Å². The molecule has 0 saturated carbocycles. The summed E-state index contributed by atoms with van der Waals surface area (Å²) < 4.78 is 5.18. The van der Waals surface area contributed by atoms with Gasteiger partial charge < -0.3 is 30.3 Å². The molecule has 0 amide bonds. The molecule has 1 aliphatic heterocycles. The molecule has 0 aliphatic carbocycles. The topological polar surface area (TPSA) is 145 Å². The summed E-state index contributed by atoms with van der Waals surface area (Å²) in [6.45, 7) is 1.47. The highest BCUT2D eigenvalue weighted by atomic mass is 35.5. The third-order valence-corrected chi connectivity index (χ3v) is 4.56. The number of hydrogen-bond donors (Lipinski definition) is 5. The van der Waals surface area contributed by atoms with E-state index >= 15 is 0 Å². The summed E-state index contributed by atoms with van der Waals surface area (Å²) in [4.78, 5) is 24.7. The minimum absolute atomic E-state index is 0.117. The maximum absolute atomic E-state index is 12.5. The number of phenols is 2. The number of ether oxygens (including phenoxy) is 1. The van der Waals surface area contributed by atoms with E-state index < -0.39 is 54.1 Å². The summed E-state index contributed by atoms with van der Waals surface area (Å²) in [5, 5.41) is 49.3. The number of hydrogen-bond acceptors (Lipinski definition) is 8. The molecule has 4 atom stereocenters. The fraction of sp³-hybridized carbons (Fsp3) is 0.444. The van der Waals surface area contributed by atoms with E-state index in [1.807, 2.05) is 0 Å². The Morgan fingerprint density at radius 2 is 1.78 bits per heavy atom. The number of carbonyl (C=O) groups excluding carboxylic acids is 2. The number of ketones is 1. The van der Waals surface area contributed by atoms with Gasteiger partial charge in [-0.3, -0.25) is 4.79 Å². The molecule has 0 aromatic heterocycles. The summed E-state index contributed by atoms with van der Waals surface area (Å²) in [5.41, 5.74) is -0.500. The molecule has 0 saturated heterocycles. The highest BCUT2D eigenvalue weighted by Crippen LogP contribution is 2.37. The van der Waals surface area contributed by atoms with Crippen LogP contribution in [0.5, 0.6) is 11.5 Å². The van der Waals surface area contributed by atoms with Gasteiger partial charge in [0.05, 0.1) is 23.3 Å². The zero-order valence-corrected chi connectivity index (χ0v) is 15.3. The van der Waals surface area contributed by atoms with E-state index in [9.17, 15) is 35.1 Å². The number of halogens is 1. The van der Waals surface area contributed by atoms with Crippen LogP contribution >= 0.6 is 11.6 Å². The van der Waals surface area contributed by atoms with Gasteiger partial charge in [-0.2, -0.15) is 0 Å². The molecule has 1 aromatic rings. The van der Waals surface area contributed by atoms with E-state index in [0.717, 1.165) is 12.1 Å². The van der Waals surface area contributed by atoms with Crippen LogP contribution in [0.2, 0.25) is 5.02 Å². The van der Waals surface area contributed by atoms with Gasteiger partial charge in [-0.15, -0.1) is 0 Å². The Hall–Kier alpha value is -2.13. The number of aliphatic hydroxyl groups excluding tert-OH is 3. The molecule has 2 rings (SSSR count). The molecule has 5 N–H and O–H groups in total. The highest BCUT2D eigenvalue weighted by molar-refractivity contribution is 6.33. The number of fused-ring (bicyclic) bond motifs is 1. The van der Waals surface area contributed by atoms with Gasteiger partial charge in [-0.05, 0) is 6.92 Å². The first-order valence-electron chi connectivity index (χ1n) is 8.28. The van der Waals surface area contributed by atoms with Crippen molar-refractivity contribution in [3.8, 4) is 11.5 Å². The molecule has 0 spiro atoms. The SMILES string of the molecule is CC1CC(O)C(O)/C=C\C(O)CC(=O)Cc2c(Cl)c(O)cc(O)c2C(=O)O1. The van der Waals surface area contributed by atoms with Crippen molar-refractivity contribution < 1.29 is 39.9 Å². The number of esters is 1. The van der Waals surface area contributed by atoms with Gasteiger partial charge >= 0.3 is 5.97 Å². The molecule has 0 bridgehead atoms. The number of rotatable bonds is 0. The Morgan fingerprint density at radius 3 is 2.44 bits per heavy atom. The lowest BCUT2D eigenvalue weighted by Crippen LogP contribution is -2.30. The molecule has 4 unspecified atom stereocenters. The van der Waals surface area contributed by atoms with Crippen LogP contribution in [0.4, 0.5) is 0 Å². The van der Waals surface area contributed by atoms with Gasteiger partial charge in [0.2, 0.25) is 0 Å². The van der Waals surface area contributed by atoms with Crippen molar-refractivity contribution >= 4 is 23.4 Å². The monoisotopic (exact) mass is 400 g/mol. The molecule has 0 fully saturated rings. The van der Waals surface area contributed by atoms with Crippen LogP contribution in [0, 0.1) is 0 Å². The van der Waals surface area contributed by atoms with Gasteiger partial charge in [0.25, 0.3) is 0 Å². The van der Waals surface area contributed by atoms with E-state index in [-0.39, 0.29) is 29.0 Å². The maximum Gasteiger partial charge on any atom is 0.342 e. The third-order valence-electron chi connectivity index (χ3n) is 4.14. The van der Waals surface area contributed by atoms with Crippen molar-refractivity contribution in [2.24, 2.45) is 0 Å². The van der Waals surface area contributed by atoms with Crippen molar-refractivity contribution in [3.05, 3.63) is 34.4 Å². The number of Topliss-reactive ketones (excluding diaryl/α,β-unsaturated/α-hetero) is 1. The molecular weight excluding hydrogens is 380 g/mol. The normalized spacial score (nSPS) is 28.8. The lowest BCUT2D eigenvalue weighted by molar-refractivity contribution is -0.119. The van der Waals surface area contributed by atoms with Crippen LogP contribution < -0.4 is 0 Å². The number of phenolic OH excluding ortho intramolecular Hbond substituents is 2. The lowest BCUT2D eigenvalue weighted by Gasteiger charge is -2.21. The summed E-state index contributed by atoms with van der Waals surface area (Å²) in [7, 11) is 0. The largest absolute Gasteiger partial charge is 0.507 e. The smallest absolute Gasteiger partial charge is 0.342 e. The zero-order chi connectivity index (χ0) is 20.3. The van der Waals surface area contributed by atoms with Crippen molar-refractivity contribution in [1.82, 2.24) is 0 Å². The molecule has 8 nitrogen and oxygen atoms in total. The molecule has 1 aliphatic rings. The minimum atomic E-state index is -1.33. The van der Waals surface area contributed by atoms with Gasteiger partial charge in [-0.25, -0.2) is 4.79 Å². The molecule has 1 heterocycles. The van der Waals surface area contributed by atoms with E-state index in [1.165, 1.54) is 13.0 Å². The van der Waals surface area contributed by atoms with Gasteiger partial charge in [0, 0.05) is 30.9 Å². The van der Waals surface area contributed by atoms with Crippen LogP contribution in [0.3, 0.4) is 0 Å². The quantitative estimate of drug-likeness (QED) is 0.318. The Kier molecular flexibility index (Phi) is 6.83. The van der Waals surface area contributed by atoms with E-state index in [1.54, 1.807) is 0 Å². The summed E-state index contributed by atoms with van der Waals surface area (Å²) >= 11 is 6.01. The van der Waals surface area contributed by atoms with Crippen molar-refractivity contribution in [1.29, 1.82) is 0 Å². The summed E-state index contributed by atoms with van der Waals surface area (Å²) in [6.07, 6.45) is -3.28. The Morgan fingerprint density at radius 1 is 1.11 bits per heavy atom. The molecular formula is C18H21ClO8. The number of benzene rings is 1. The predicted octanol–water partition coefficient (Wildman–Crippen LogP) is 0.841. The van der Waals surface area contributed by atoms with Crippen LogP contribution in [0.25, 0.3) is 0 Å². The average molecular weight is 401 g/mol. The van der Waals surface area contributed by atoms with Crippen molar-refractivity contribution in [2.75, 3.05) is 0 Å². The first-order valence-corrected chi connectivity index (χ1v) is 8.66. The number of carbonyl (C=O) groups is 2. The second kappa shape index (κ2) is 8.71. The molecule has 0 radical (unpaired) electrons. The number of aromatic hydroxyl groups is 2. The Balaban J connectivity index is 2.49. The summed E-state index contributed by atoms with van der Waals surface area (Å²) in [6, 6.07) is 0.858. The second-order valence-electron chi connectivity index (χ2n) is 6.46. The van der Waals surface area contributed by atoms with Gasteiger partial charge in [0.1, 0.15) is 28.9 Å². The molecule has 1 aromatic carbocycles. The van der Waals surface area contributed by atoms with Crippen LogP contribution in [-0.2, 0) is 16.0 Å². The summed E-state index contributed by atoms with van der Waals surface area (Å²) in [5.74, 6) is -2.67. The first kappa shape index (κ1) is 21.2. The standard InChI is InChI=1S/C18H21ClO8/c1-8-4-13(23)12(22)3-2-9(20)5-10(21)6-11-16(18(26)27-8)14(24)7-15(25)17(11)19/h2-3,7-9,12-13,20,22-25H,4-6H2,1H3/b3-2-. The minimum Gasteiger partial charge on any atom is -0.507 e. The fourth-order valence-corrected chi connectivity index (χ4v) is 3.00. The predicted molar refractivity (Wildman–Crippen MR) is 94.8 cm³/mol. The maximum atomic E-state index is 12.5. The van der Waals surface area contributed by atoms with Crippen molar-refractivity contribution in [2.45, 2.75) is 50.6 Å². The van der Waals surface area contributed by atoms with E-state index in [2.05, 4.69) is 0 Å². The van der Waals surface area contributed by atoms with Crippen molar-refractivity contribution in [3.63, 3.8) is 0 Å². The van der Waals surface area contributed by atoms with Crippen LogP contribution in [-0.4, -0.2) is 61.7 Å². The lowest BCUT2D eigenvalue weighted by atomic mass is 9.97. The fourth-order valence-electron chi connectivity index (χ4n) is 2.79. The third kappa shape index (κ3) is 5.20.